The van der Waals surface area contributed by atoms with Crippen LogP contribution in [0.2, 0.25) is 0 Å². The molecule has 1 atom stereocenters. The van der Waals surface area contributed by atoms with E-state index in [4.69, 9.17) is 0 Å². The van der Waals surface area contributed by atoms with Gasteiger partial charge in [-0.15, -0.1) is 0 Å². The number of carbonyl (C=O) groups is 1. The summed E-state index contributed by atoms with van der Waals surface area (Å²) in [5.74, 6) is -0.0666. The first kappa shape index (κ1) is 8.97. The molecule has 1 heterocycles. The standard InChI is InChI=1S/C9H6BrNOS/c10-7-3-1-2-6(4-7)8-9(12)11-5-13-8/h1-5,8H. The van der Waals surface area contributed by atoms with Gasteiger partial charge >= 0.3 is 0 Å². The Morgan fingerprint density at radius 3 is 2.92 bits per heavy atom. The highest BCUT2D eigenvalue weighted by Crippen LogP contribution is 2.33. The molecule has 1 amide bonds. The van der Waals surface area contributed by atoms with Crippen LogP contribution in [-0.4, -0.2) is 11.5 Å². The number of benzene rings is 1. The number of carbonyl (C=O) groups excluding carboxylic acids is 1. The van der Waals surface area contributed by atoms with E-state index in [1.165, 1.54) is 11.8 Å². The Balaban J connectivity index is 2.31. The van der Waals surface area contributed by atoms with Gasteiger partial charge in [-0.05, 0) is 17.7 Å². The minimum atomic E-state index is -0.141. The van der Waals surface area contributed by atoms with Crippen LogP contribution in [0, 0.1) is 0 Å². The molecule has 0 fully saturated rings. The van der Waals surface area contributed by atoms with Gasteiger partial charge in [0.05, 0.1) is 5.55 Å². The third kappa shape index (κ3) is 1.84. The van der Waals surface area contributed by atoms with E-state index in [-0.39, 0.29) is 11.2 Å². The van der Waals surface area contributed by atoms with Gasteiger partial charge in [0.15, 0.2) is 0 Å². The predicted octanol–water partition coefficient (Wildman–Crippen LogP) is 2.79. The molecular formula is C9H6BrNOS. The molecule has 4 heteroatoms. The van der Waals surface area contributed by atoms with Crippen LogP contribution >= 0.6 is 27.7 Å². The van der Waals surface area contributed by atoms with Crippen LogP contribution < -0.4 is 0 Å². The van der Waals surface area contributed by atoms with Crippen molar-refractivity contribution in [3.8, 4) is 0 Å². The normalized spacial score (nSPS) is 21.0. The van der Waals surface area contributed by atoms with E-state index in [2.05, 4.69) is 20.9 Å². The monoisotopic (exact) mass is 255 g/mol. The van der Waals surface area contributed by atoms with Crippen LogP contribution in [0.15, 0.2) is 33.7 Å². The van der Waals surface area contributed by atoms with Crippen LogP contribution in [0.1, 0.15) is 10.8 Å². The Morgan fingerprint density at radius 2 is 2.31 bits per heavy atom. The molecule has 1 aliphatic rings. The molecule has 1 aromatic carbocycles. The second kappa shape index (κ2) is 3.64. The molecule has 0 aromatic heterocycles. The average molecular weight is 256 g/mol. The van der Waals surface area contributed by atoms with Crippen molar-refractivity contribution in [2.75, 3.05) is 0 Å². The molecule has 0 aliphatic carbocycles. The summed E-state index contributed by atoms with van der Waals surface area (Å²) >= 11 is 4.82. The molecule has 0 bridgehead atoms. The number of hydrogen-bond acceptors (Lipinski definition) is 2. The number of nitrogens with zero attached hydrogens (tertiary/aromatic N) is 1. The van der Waals surface area contributed by atoms with E-state index in [0.717, 1.165) is 10.0 Å². The summed E-state index contributed by atoms with van der Waals surface area (Å²) in [6.45, 7) is 0. The van der Waals surface area contributed by atoms with E-state index < -0.39 is 0 Å². The van der Waals surface area contributed by atoms with Crippen molar-refractivity contribution in [3.05, 3.63) is 34.3 Å². The number of amides is 1. The van der Waals surface area contributed by atoms with Gasteiger partial charge in [-0.25, -0.2) is 4.99 Å². The smallest absolute Gasteiger partial charge is 0.264 e. The van der Waals surface area contributed by atoms with Crippen LogP contribution in [0.5, 0.6) is 0 Å². The summed E-state index contributed by atoms with van der Waals surface area (Å²) in [7, 11) is 0. The highest BCUT2D eigenvalue weighted by atomic mass is 79.9. The molecule has 0 saturated carbocycles. The van der Waals surface area contributed by atoms with Crippen LogP contribution in [0.3, 0.4) is 0 Å². The fourth-order valence-electron chi connectivity index (χ4n) is 1.16. The summed E-state index contributed by atoms with van der Waals surface area (Å²) in [4.78, 5) is 15.0. The van der Waals surface area contributed by atoms with Gasteiger partial charge in [0, 0.05) is 4.47 Å². The Kier molecular flexibility index (Phi) is 2.51. The highest BCUT2D eigenvalue weighted by molar-refractivity contribution is 9.10. The van der Waals surface area contributed by atoms with E-state index >= 15 is 0 Å². The fraction of sp³-hybridized carbons (Fsp3) is 0.111. The zero-order valence-electron chi connectivity index (χ0n) is 6.61. The highest BCUT2D eigenvalue weighted by Gasteiger charge is 2.23. The van der Waals surface area contributed by atoms with Crippen molar-refractivity contribution < 1.29 is 4.79 Å². The number of hydrogen-bond donors (Lipinski definition) is 0. The first-order chi connectivity index (χ1) is 6.27. The lowest BCUT2D eigenvalue weighted by Gasteiger charge is -2.05. The van der Waals surface area contributed by atoms with Crippen molar-refractivity contribution in [1.82, 2.24) is 0 Å². The molecule has 0 spiro atoms. The number of rotatable bonds is 1. The van der Waals surface area contributed by atoms with Crippen molar-refractivity contribution >= 4 is 39.1 Å². The number of thioether (sulfide) groups is 1. The summed E-state index contributed by atoms with van der Waals surface area (Å²) < 4.78 is 0.991. The first-order valence-electron chi connectivity index (χ1n) is 3.75. The molecule has 13 heavy (non-hydrogen) atoms. The van der Waals surface area contributed by atoms with Gasteiger partial charge in [0.1, 0.15) is 5.25 Å². The summed E-state index contributed by atoms with van der Waals surface area (Å²) in [5.41, 5.74) is 2.61. The van der Waals surface area contributed by atoms with Crippen LogP contribution in [-0.2, 0) is 4.79 Å². The SMILES string of the molecule is O=C1N=CSC1c1cccc(Br)c1. The molecule has 0 saturated heterocycles. The number of halogens is 1. The van der Waals surface area contributed by atoms with Crippen LogP contribution in [0.4, 0.5) is 0 Å². The van der Waals surface area contributed by atoms with Gasteiger partial charge in [0.2, 0.25) is 0 Å². The van der Waals surface area contributed by atoms with Crippen LogP contribution in [0.25, 0.3) is 0 Å². The molecule has 2 nitrogen and oxygen atoms in total. The van der Waals surface area contributed by atoms with Crippen molar-refractivity contribution in [3.63, 3.8) is 0 Å². The third-order valence-electron chi connectivity index (χ3n) is 1.75. The van der Waals surface area contributed by atoms with E-state index in [1.54, 1.807) is 5.55 Å². The molecule has 0 N–H and O–H groups in total. The van der Waals surface area contributed by atoms with Gasteiger partial charge in [-0.1, -0.05) is 39.8 Å². The summed E-state index contributed by atoms with van der Waals surface area (Å²) in [6.07, 6.45) is 0. The van der Waals surface area contributed by atoms with Crippen molar-refractivity contribution in [1.29, 1.82) is 0 Å². The van der Waals surface area contributed by atoms with Crippen molar-refractivity contribution in [2.24, 2.45) is 4.99 Å². The summed E-state index contributed by atoms with van der Waals surface area (Å²) in [5, 5.41) is -0.141. The zero-order valence-corrected chi connectivity index (χ0v) is 9.01. The second-order valence-corrected chi connectivity index (χ2v) is 4.51. The largest absolute Gasteiger partial charge is 0.271 e. The van der Waals surface area contributed by atoms with Gasteiger partial charge < -0.3 is 0 Å². The van der Waals surface area contributed by atoms with Gasteiger partial charge in [-0.2, -0.15) is 0 Å². The Labute approximate surface area is 88.6 Å². The third-order valence-corrected chi connectivity index (χ3v) is 3.22. The molecular weight excluding hydrogens is 250 g/mol. The number of aliphatic imine (C=N–C) groups is 1. The lowest BCUT2D eigenvalue weighted by molar-refractivity contribution is -0.117. The lowest BCUT2D eigenvalue weighted by Crippen LogP contribution is -2.00. The van der Waals surface area contributed by atoms with E-state index in [0.29, 0.717) is 0 Å². The topological polar surface area (TPSA) is 29.4 Å². The molecule has 1 aromatic rings. The molecule has 1 aliphatic heterocycles. The van der Waals surface area contributed by atoms with E-state index in [9.17, 15) is 4.79 Å². The first-order valence-corrected chi connectivity index (χ1v) is 5.48. The minimum Gasteiger partial charge on any atom is -0.271 e. The minimum absolute atomic E-state index is 0.0666. The Hall–Kier alpha value is -0.610. The average Bonchev–Trinajstić information content (AvgIpc) is 2.51. The Morgan fingerprint density at radius 1 is 1.46 bits per heavy atom. The maximum Gasteiger partial charge on any atom is 0.264 e. The maximum absolute atomic E-state index is 11.3. The fourth-order valence-corrected chi connectivity index (χ4v) is 2.34. The second-order valence-electron chi connectivity index (χ2n) is 2.64. The quantitative estimate of drug-likeness (QED) is 0.773. The molecule has 2 rings (SSSR count). The maximum atomic E-state index is 11.3. The van der Waals surface area contributed by atoms with E-state index in [1.807, 2.05) is 24.3 Å². The lowest BCUT2D eigenvalue weighted by atomic mass is 10.1. The molecule has 66 valence electrons. The summed E-state index contributed by atoms with van der Waals surface area (Å²) in [6, 6.07) is 7.75. The van der Waals surface area contributed by atoms with Gasteiger partial charge in [0.25, 0.3) is 5.91 Å². The van der Waals surface area contributed by atoms with Gasteiger partial charge in [-0.3, -0.25) is 4.79 Å². The zero-order chi connectivity index (χ0) is 9.26. The van der Waals surface area contributed by atoms with Crippen molar-refractivity contribution in [2.45, 2.75) is 5.25 Å². The molecule has 1 unspecified atom stereocenters. The molecule has 0 radical (unpaired) electrons. The Bertz CT molecular complexity index is 378. The predicted molar refractivity (Wildman–Crippen MR) is 58.0 cm³/mol.